The number of carbonyl (C=O) groups excluding carboxylic acids is 2. The van der Waals surface area contributed by atoms with Crippen LogP contribution in [0.25, 0.3) is 17.0 Å². The van der Waals surface area contributed by atoms with E-state index in [9.17, 15) is 9.59 Å². The molecule has 27 heavy (non-hydrogen) atoms. The minimum absolute atomic E-state index is 0.363. The fourth-order valence-electron chi connectivity index (χ4n) is 2.84. The first-order valence-electron chi connectivity index (χ1n) is 8.53. The molecule has 1 amide bonds. The summed E-state index contributed by atoms with van der Waals surface area (Å²) in [5.74, 6) is -0.363. The molecule has 0 spiro atoms. The van der Waals surface area contributed by atoms with Crippen molar-refractivity contribution in [3.8, 4) is 0 Å². The van der Waals surface area contributed by atoms with Crippen LogP contribution in [0.2, 0.25) is 0 Å². The van der Waals surface area contributed by atoms with Crippen molar-refractivity contribution in [2.75, 3.05) is 18.6 Å². The maximum Gasteiger partial charge on any atom is 0.337 e. The van der Waals surface area contributed by atoms with Crippen LogP contribution in [-0.2, 0) is 9.53 Å². The number of ether oxygens (including phenoxy) is 1. The van der Waals surface area contributed by atoms with Crippen LogP contribution in [0.5, 0.6) is 0 Å². The number of fused-ring (bicyclic) bond motifs is 1. The predicted molar refractivity (Wildman–Crippen MR) is 107 cm³/mol. The minimum Gasteiger partial charge on any atom is -0.465 e. The number of anilines is 1. The standard InChI is InChI=1S/C22H20N2O3/c1-16(11-17-7-9-18(10-8-17)22(26)27-2)14-24(15-25)20-12-19-5-3-4-6-21(19)23-13-20/h3-13,15H,14H2,1-2H3. The molecule has 0 radical (unpaired) electrons. The van der Waals surface area contributed by atoms with Crippen LogP contribution in [0.3, 0.4) is 0 Å². The quantitative estimate of drug-likeness (QED) is 0.491. The fourth-order valence-corrected chi connectivity index (χ4v) is 2.84. The normalized spacial score (nSPS) is 11.3. The first-order chi connectivity index (χ1) is 13.1. The molecule has 5 heteroatoms. The highest BCUT2D eigenvalue weighted by molar-refractivity contribution is 5.89. The molecular weight excluding hydrogens is 340 g/mol. The average Bonchev–Trinajstić information content (AvgIpc) is 2.71. The first kappa shape index (κ1) is 18.3. The van der Waals surface area contributed by atoms with Crippen LogP contribution in [0.15, 0.2) is 66.4 Å². The van der Waals surface area contributed by atoms with Crippen molar-refractivity contribution in [1.82, 2.24) is 4.98 Å². The third kappa shape index (κ3) is 4.39. The van der Waals surface area contributed by atoms with E-state index in [1.807, 2.05) is 55.5 Å². The van der Waals surface area contributed by atoms with E-state index in [1.165, 1.54) is 7.11 Å². The molecule has 1 aromatic heterocycles. The number of aromatic nitrogens is 1. The molecule has 0 unspecified atom stereocenters. The number of hydrogen-bond donors (Lipinski definition) is 0. The Labute approximate surface area is 157 Å². The highest BCUT2D eigenvalue weighted by atomic mass is 16.5. The van der Waals surface area contributed by atoms with Gasteiger partial charge in [-0.2, -0.15) is 0 Å². The lowest BCUT2D eigenvalue weighted by Crippen LogP contribution is -2.23. The lowest BCUT2D eigenvalue weighted by Gasteiger charge is -2.18. The van der Waals surface area contributed by atoms with Crippen molar-refractivity contribution in [3.63, 3.8) is 0 Å². The minimum atomic E-state index is -0.363. The molecule has 0 saturated carbocycles. The van der Waals surface area contributed by atoms with Gasteiger partial charge in [0, 0.05) is 11.9 Å². The number of esters is 1. The zero-order valence-corrected chi connectivity index (χ0v) is 15.3. The smallest absolute Gasteiger partial charge is 0.337 e. The summed E-state index contributed by atoms with van der Waals surface area (Å²) in [5, 5.41) is 0.988. The van der Waals surface area contributed by atoms with Crippen LogP contribution in [0.1, 0.15) is 22.8 Å². The van der Waals surface area contributed by atoms with Gasteiger partial charge in [0.1, 0.15) is 0 Å². The lowest BCUT2D eigenvalue weighted by molar-refractivity contribution is -0.107. The molecule has 3 aromatic rings. The van der Waals surface area contributed by atoms with E-state index < -0.39 is 0 Å². The highest BCUT2D eigenvalue weighted by Crippen LogP contribution is 2.20. The summed E-state index contributed by atoms with van der Waals surface area (Å²) in [6, 6.07) is 16.9. The Morgan fingerprint density at radius 1 is 1.15 bits per heavy atom. The second kappa shape index (κ2) is 8.27. The lowest BCUT2D eigenvalue weighted by atomic mass is 10.1. The molecule has 2 aromatic carbocycles. The Morgan fingerprint density at radius 3 is 2.59 bits per heavy atom. The molecule has 0 N–H and O–H groups in total. The molecule has 0 aliphatic rings. The van der Waals surface area contributed by atoms with E-state index in [2.05, 4.69) is 4.98 Å². The van der Waals surface area contributed by atoms with Crippen molar-refractivity contribution >= 4 is 35.0 Å². The Kier molecular flexibility index (Phi) is 5.61. The maximum atomic E-state index is 11.6. The highest BCUT2D eigenvalue weighted by Gasteiger charge is 2.08. The summed E-state index contributed by atoms with van der Waals surface area (Å²) in [6.07, 6.45) is 4.49. The van der Waals surface area contributed by atoms with Gasteiger partial charge < -0.3 is 9.64 Å². The van der Waals surface area contributed by atoms with E-state index in [-0.39, 0.29) is 5.97 Å². The number of para-hydroxylation sites is 1. The summed E-state index contributed by atoms with van der Waals surface area (Å²) in [7, 11) is 1.36. The third-order valence-corrected chi connectivity index (χ3v) is 4.20. The van der Waals surface area contributed by atoms with Crippen LogP contribution in [0.4, 0.5) is 5.69 Å². The topological polar surface area (TPSA) is 59.5 Å². The Bertz CT molecular complexity index is 994. The molecule has 1 heterocycles. The van der Waals surface area contributed by atoms with E-state index in [4.69, 9.17) is 4.74 Å². The van der Waals surface area contributed by atoms with E-state index in [1.54, 1.807) is 23.2 Å². The summed E-state index contributed by atoms with van der Waals surface area (Å²) < 4.78 is 4.70. The van der Waals surface area contributed by atoms with Gasteiger partial charge in [-0.15, -0.1) is 0 Å². The average molecular weight is 360 g/mol. The van der Waals surface area contributed by atoms with Gasteiger partial charge in [-0.1, -0.05) is 42.0 Å². The summed E-state index contributed by atoms with van der Waals surface area (Å²) in [6.45, 7) is 2.40. The molecule has 0 atom stereocenters. The molecular formula is C22H20N2O3. The number of hydrogen-bond acceptors (Lipinski definition) is 4. The number of methoxy groups -OCH3 is 1. The Morgan fingerprint density at radius 2 is 1.89 bits per heavy atom. The summed E-state index contributed by atoms with van der Waals surface area (Å²) in [4.78, 5) is 29.1. The molecule has 0 fully saturated rings. The van der Waals surface area contributed by atoms with E-state index in [0.717, 1.165) is 34.1 Å². The van der Waals surface area contributed by atoms with Gasteiger partial charge in [0.15, 0.2) is 0 Å². The van der Waals surface area contributed by atoms with Crippen molar-refractivity contribution < 1.29 is 14.3 Å². The second-order valence-electron chi connectivity index (χ2n) is 6.22. The molecule has 136 valence electrons. The summed E-state index contributed by atoms with van der Waals surface area (Å²) >= 11 is 0. The van der Waals surface area contributed by atoms with E-state index >= 15 is 0 Å². The third-order valence-electron chi connectivity index (χ3n) is 4.20. The van der Waals surface area contributed by atoms with Gasteiger partial charge in [-0.3, -0.25) is 9.78 Å². The fraction of sp³-hybridized carbons (Fsp3) is 0.136. The maximum absolute atomic E-state index is 11.6. The second-order valence-corrected chi connectivity index (χ2v) is 6.22. The van der Waals surface area contributed by atoms with Gasteiger partial charge in [0.2, 0.25) is 6.41 Å². The molecule has 0 bridgehead atoms. The predicted octanol–water partition coefficient (Wildman–Crippen LogP) is 4.09. The number of pyridine rings is 1. The van der Waals surface area contributed by atoms with Crippen molar-refractivity contribution in [3.05, 3.63) is 77.5 Å². The molecule has 3 rings (SSSR count). The molecule has 0 aliphatic carbocycles. The molecule has 0 saturated heterocycles. The number of carbonyl (C=O) groups is 2. The van der Waals surface area contributed by atoms with Crippen LogP contribution in [-0.4, -0.2) is 31.0 Å². The summed E-state index contributed by atoms with van der Waals surface area (Å²) in [5.41, 5.74) is 4.09. The first-order valence-corrected chi connectivity index (χ1v) is 8.53. The van der Waals surface area contributed by atoms with Gasteiger partial charge in [0.05, 0.1) is 30.1 Å². The van der Waals surface area contributed by atoms with Gasteiger partial charge in [0.25, 0.3) is 0 Å². The SMILES string of the molecule is COC(=O)c1ccc(C=C(C)CN(C=O)c2cnc3ccccc3c2)cc1. The van der Waals surface area contributed by atoms with Crippen LogP contribution in [0, 0.1) is 0 Å². The number of rotatable bonds is 6. The van der Waals surface area contributed by atoms with Crippen molar-refractivity contribution in [1.29, 1.82) is 0 Å². The molecule has 0 aliphatic heterocycles. The van der Waals surface area contributed by atoms with Crippen molar-refractivity contribution in [2.24, 2.45) is 0 Å². The van der Waals surface area contributed by atoms with E-state index in [0.29, 0.717) is 12.1 Å². The zero-order valence-electron chi connectivity index (χ0n) is 15.3. The van der Waals surface area contributed by atoms with Gasteiger partial charge >= 0.3 is 5.97 Å². The van der Waals surface area contributed by atoms with Crippen LogP contribution >= 0.6 is 0 Å². The number of nitrogens with zero attached hydrogens (tertiary/aromatic N) is 2. The van der Waals surface area contributed by atoms with Gasteiger partial charge in [-0.25, -0.2) is 4.79 Å². The van der Waals surface area contributed by atoms with Gasteiger partial charge in [-0.05, 0) is 36.8 Å². The van der Waals surface area contributed by atoms with Crippen LogP contribution < -0.4 is 4.90 Å². The number of amides is 1. The number of benzene rings is 2. The van der Waals surface area contributed by atoms with Crippen molar-refractivity contribution in [2.45, 2.75) is 6.92 Å². The zero-order chi connectivity index (χ0) is 19.2. The largest absolute Gasteiger partial charge is 0.465 e. The Balaban J connectivity index is 1.77. The Hall–Kier alpha value is -3.47. The monoisotopic (exact) mass is 360 g/mol. The molecule has 5 nitrogen and oxygen atoms in total.